The number of ether oxygens (including phenoxy) is 1. The molecule has 0 spiro atoms. The number of carbonyl (C=O) groups excluding carboxylic acids is 1. The Kier molecular flexibility index (Phi) is 5.56. The molecule has 1 heterocycles. The van der Waals surface area contributed by atoms with Gasteiger partial charge in [0.15, 0.2) is 0 Å². The number of halogens is 2. The molecule has 0 fully saturated rings. The van der Waals surface area contributed by atoms with E-state index in [4.69, 9.17) is 4.74 Å². The number of benzene rings is 2. The van der Waals surface area contributed by atoms with Crippen molar-refractivity contribution in [3.8, 4) is 11.3 Å². The molecule has 3 aromatic rings. The van der Waals surface area contributed by atoms with E-state index in [0.29, 0.717) is 22.5 Å². The number of aromatic nitrogens is 2. The summed E-state index contributed by atoms with van der Waals surface area (Å²) in [6.45, 7) is 1.78. The fraction of sp³-hybridized carbons (Fsp3) is 0.238. The Morgan fingerprint density at radius 1 is 1.18 bits per heavy atom. The van der Waals surface area contributed by atoms with E-state index in [9.17, 15) is 13.6 Å². The smallest absolute Gasteiger partial charge is 0.269 e. The van der Waals surface area contributed by atoms with Crippen LogP contribution in [0.5, 0.6) is 0 Å². The fourth-order valence-corrected chi connectivity index (χ4v) is 2.95. The zero-order valence-corrected chi connectivity index (χ0v) is 15.9. The number of nitrogens with one attached hydrogen (secondary N) is 1. The van der Waals surface area contributed by atoms with Crippen LogP contribution in [0.3, 0.4) is 0 Å². The third-order valence-corrected chi connectivity index (χ3v) is 4.73. The highest BCUT2D eigenvalue weighted by atomic mass is 19.1. The Balaban J connectivity index is 1.78. The van der Waals surface area contributed by atoms with Crippen LogP contribution >= 0.6 is 0 Å². The predicted octanol–water partition coefficient (Wildman–Crippen LogP) is 3.66. The largest absolute Gasteiger partial charge is 0.372 e. The first-order valence-electron chi connectivity index (χ1n) is 8.72. The molecule has 0 saturated heterocycles. The number of hydrogen-bond acceptors (Lipinski definition) is 3. The van der Waals surface area contributed by atoms with Gasteiger partial charge < -0.3 is 10.1 Å². The van der Waals surface area contributed by atoms with E-state index in [1.54, 1.807) is 50.4 Å². The molecule has 0 saturated carbocycles. The van der Waals surface area contributed by atoms with Gasteiger partial charge in [0.1, 0.15) is 22.9 Å². The van der Waals surface area contributed by atoms with Gasteiger partial charge in [-0.05, 0) is 43.3 Å². The lowest BCUT2D eigenvalue weighted by molar-refractivity contribution is 0.000312. The van der Waals surface area contributed by atoms with Crippen LogP contribution in [-0.2, 0) is 17.4 Å². The molecular weight excluding hydrogens is 364 g/mol. The Morgan fingerprint density at radius 3 is 2.50 bits per heavy atom. The van der Waals surface area contributed by atoms with Gasteiger partial charge in [-0.15, -0.1) is 0 Å². The summed E-state index contributed by atoms with van der Waals surface area (Å²) < 4.78 is 34.2. The van der Waals surface area contributed by atoms with Crippen LogP contribution in [0.1, 0.15) is 23.0 Å². The molecule has 0 aliphatic heterocycles. The molecule has 2 aromatic carbocycles. The molecular formula is C21H21F2N3O2. The maximum atomic E-state index is 14.2. The van der Waals surface area contributed by atoms with Crippen molar-refractivity contribution >= 4 is 5.91 Å². The molecule has 3 rings (SSSR count). The van der Waals surface area contributed by atoms with Crippen LogP contribution in [0.2, 0.25) is 0 Å². The van der Waals surface area contributed by atoms with Gasteiger partial charge in [0.05, 0.1) is 12.2 Å². The zero-order valence-electron chi connectivity index (χ0n) is 15.9. The van der Waals surface area contributed by atoms with Crippen molar-refractivity contribution in [1.29, 1.82) is 0 Å². The summed E-state index contributed by atoms with van der Waals surface area (Å²) in [5.74, 6) is -1.12. The van der Waals surface area contributed by atoms with Crippen molar-refractivity contribution in [3.05, 3.63) is 77.5 Å². The van der Waals surface area contributed by atoms with Crippen LogP contribution < -0.4 is 5.32 Å². The zero-order chi connectivity index (χ0) is 20.3. The van der Waals surface area contributed by atoms with Crippen LogP contribution in [-0.4, -0.2) is 29.3 Å². The van der Waals surface area contributed by atoms with E-state index >= 15 is 0 Å². The van der Waals surface area contributed by atoms with Crippen LogP contribution in [0.4, 0.5) is 8.78 Å². The van der Waals surface area contributed by atoms with Gasteiger partial charge in [-0.3, -0.25) is 9.48 Å². The number of amides is 1. The molecule has 0 unspecified atom stereocenters. The molecule has 146 valence electrons. The summed E-state index contributed by atoms with van der Waals surface area (Å²) in [5.41, 5.74) is 0.904. The third kappa shape index (κ3) is 3.94. The Morgan fingerprint density at radius 2 is 1.86 bits per heavy atom. The summed E-state index contributed by atoms with van der Waals surface area (Å²) in [7, 11) is 3.11. The first kappa shape index (κ1) is 19.7. The molecule has 1 aromatic heterocycles. The summed E-state index contributed by atoms with van der Waals surface area (Å²) in [4.78, 5) is 12.7. The molecule has 0 aliphatic carbocycles. The lowest BCUT2D eigenvalue weighted by Gasteiger charge is -2.29. The van der Waals surface area contributed by atoms with E-state index in [-0.39, 0.29) is 18.3 Å². The second-order valence-corrected chi connectivity index (χ2v) is 6.64. The monoisotopic (exact) mass is 385 g/mol. The van der Waals surface area contributed by atoms with Gasteiger partial charge in [0, 0.05) is 25.3 Å². The van der Waals surface area contributed by atoms with Crippen molar-refractivity contribution in [2.75, 3.05) is 13.7 Å². The third-order valence-electron chi connectivity index (χ3n) is 4.73. The molecule has 28 heavy (non-hydrogen) atoms. The minimum atomic E-state index is -1.03. The number of rotatable bonds is 6. The molecule has 5 nitrogen and oxygen atoms in total. The minimum absolute atomic E-state index is 0.0698. The van der Waals surface area contributed by atoms with Gasteiger partial charge in [0.2, 0.25) is 0 Å². The van der Waals surface area contributed by atoms with Gasteiger partial charge in [-0.2, -0.15) is 5.10 Å². The number of methoxy groups -OCH3 is 1. The highest BCUT2D eigenvalue weighted by Gasteiger charge is 2.30. The summed E-state index contributed by atoms with van der Waals surface area (Å²) in [6, 6.07) is 13.8. The molecule has 1 N–H and O–H groups in total. The van der Waals surface area contributed by atoms with E-state index in [0.717, 1.165) is 0 Å². The SMILES string of the molecule is CO[C@@](C)(CNC(=O)c1cc(-c2ccc(F)cc2)nn1C)c1ccccc1F. The van der Waals surface area contributed by atoms with Gasteiger partial charge in [0.25, 0.3) is 5.91 Å². The summed E-state index contributed by atoms with van der Waals surface area (Å²) >= 11 is 0. The maximum Gasteiger partial charge on any atom is 0.269 e. The van der Waals surface area contributed by atoms with Crippen molar-refractivity contribution in [1.82, 2.24) is 15.1 Å². The van der Waals surface area contributed by atoms with E-state index in [2.05, 4.69) is 10.4 Å². The van der Waals surface area contributed by atoms with Gasteiger partial charge >= 0.3 is 0 Å². The van der Waals surface area contributed by atoms with Crippen molar-refractivity contribution in [3.63, 3.8) is 0 Å². The van der Waals surface area contributed by atoms with Crippen LogP contribution in [0.15, 0.2) is 54.6 Å². The fourth-order valence-electron chi connectivity index (χ4n) is 2.95. The van der Waals surface area contributed by atoms with Crippen molar-refractivity contribution in [2.24, 2.45) is 7.05 Å². The van der Waals surface area contributed by atoms with Gasteiger partial charge in [-0.25, -0.2) is 8.78 Å². The van der Waals surface area contributed by atoms with E-state index in [1.807, 2.05) is 0 Å². The predicted molar refractivity (Wildman–Crippen MR) is 102 cm³/mol. The highest BCUT2D eigenvalue weighted by molar-refractivity contribution is 5.93. The van der Waals surface area contributed by atoms with E-state index in [1.165, 1.54) is 30.0 Å². The lowest BCUT2D eigenvalue weighted by Crippen LogP contribution is -2.41. The average Bonchev–Trinajstić information content (AvgIpc) is 3.08. The summed E-state index contributed by atoms with van der Waals surface area (Å²) in [6.07, 6.45) is 0. The second-order valence-electron chi connectivity index (χ2n) is 6.64. The quantitative estimate of drug-likeness (QED) is 0.705. The Labute approximate surface area is 161 Å². The maximum absolute atomic E-state index is 14.2. The molecule has 0 bridgehead atoms. The molecule has 1 amide bonds. The normalized spacial score (nSPS) is 13.2. The van der Waals surface area contributed by atoms with Crippen LogP contribution in [0.25, 0.3) is 11.3 Å². The minimum Gasteiger partial charge on any atom is -0.372 e. The van der Waals surface area contributed by atoms with Crippen molar-refractivity contribution < 1.29 is 18.3 Å². The van der Waals surface area contributed by atoms with Crippen molar-refractivity contribution in [2.45, 2.75) is 12.5 Å². The lowest BCUT2D eigenvalue weighted by atomic mass is 9.95. The molecule has 0 aliphatic rings. The topological polar surface area (TPSA) is 56.1 Å². The summed E-state index contributed by atoms with van der Waals surface area (Å²) in [5, 5.41) is 7.09. The first-order chi connectivity index (χ1) is 13.3. The number of hydrogen-bond donors (Lipinski definition) is 1. The molecule has 7 heteroatoms. The Bertz CT molecular complexity index is 986. The molecule has 1 atom stereocenters. The first-order valence-corrected chi connectivity index (χ1v) is 8.72. The number of carbonyl (C=O) groups is 1. The highest BCUT2D eigenvalue weighted by Crippen LogP contribution is 2.26. The Hall–Kier alpha value is -3.06. The number of aryl methyl sites for hydroxylation is 1. The van der Waals surface area contributed by atoms with Gasteiger partial charge in [-0.1, -0.05) is 18.2 Å². The van der Waals surface area contributed by atoms with E-state index < -0.39 is 11.4 Å². The standard InChI is InChI=1S/C21H21F2N3O2/c1-21(28-3,16-6-4-5-7-17(16)23)13-24-20(27)19-12-18(25-26(19)2)14-8-10-15(22)11-9-14/h4-12H,13H2,1-3H3,(H,24,27)/t21-/m0/s1. The molecule has 0 radical (unpaired) electrons. The van der Waals surface area contributed by atoms with Crippen LogP contribution in [0, 0.1) is 11.6 Å². The number of nitrogens with zero attached hydrogens (tertiary/aromatic N) is 2. The average molecular weight is 385 g/mol. The second kappa shape index (κ2) is 7.90.